The van der Waals surface area contributed by atoms with Crippen molar-refractivity contribution in [1.29, 1.82) is 5.26 Å². The van der Waals surface area contributed by atoms with Crippen LogP contribution in [0.3, 0.4) is 0 Å². The summed E-state index contributed by atoms with van der Waals surface area (Å²) in [7, 11) is 1.58. The van der Waals surface area contributed by atoms with Gasteiger partial charge in [0.15, 0.2) is 11.5 Å². The number of benzene rings is 1. The number of nitriles is 1. The molecule has 1 aliphatic carbocycles. The van der Waals surface area contributed by atoms with Gasteiger partial charge in [-0.25, -0.2) is 0 Å². The molecule has 1 N–H and O–H groups in total. The maximum absolute atomic E-state index is 12.4. The van der Waals surface area contributed by atoms with Crippen molar-refractivity contribution in [3.63, 3.8) is 0 Å². The number of carbonyl (C=O) groups excluding carboxylic acids is 1. The molecule has 1 aromatic rings. The molecule has 0 aromatic heterocycles. The van der Waals surface area contributed by atoms with E-state index in [9.17, 15) is 10.1 Å². The molecular weight excluding hydrogens is 328 g/mol. The number of nitrogens with one attached hydrogen (secondary N) is 1. The Kier molecular flexibility index (Phi) is 8.01. The van der Waals surface area contributed by atoms with Crippen LogP contribution in [0, 0.1) is 11.3 Å². The summed E-state index contributed by atoms with van der Waals surface area (Å²) in [5.74, 6) is 0.963. The van der Waals surface area contributed by atoms with Gasteiger partial charge in [-0.2, -0.15) is 5.26 Å². The van der Waals surface area contributed by atoms with E-state index >= 15 is 0 Å². The van der Waals surface area contributed by atoms with E-state index in [4.69, 9.17) is 9.47 Å². The van der Waals surface area contributed by atoms with E-state index in [0.717, 1.165) is 44.1 Å². The normalized spacial score (nSPS) is 15.2. The molecule has 26 heavy (non-hydrogen) atoms. The highest BCUT2D eigenvalue weighted by atomic mass is 16.5. The van der Waals surface area contributed by atoms with E-state index in [-0.39, 0.29) is 17.5 Å². The summed E-state index contributed by atoms with van der Waals surface area (Å²) >= 11 is 0. The molecule has 1 saturated carbocycles. The molecule has 0 saturated heterocycles. The van der Waals surface area contributed by atoms with E-state index in [0.29, 0.717) is 18.1 Å². The molecule has 0 heterocycles. The predicted molar refractivity (Wildman–Crippen MR) is 102 cm³/mol. The van der Waals surface area contributed by atoms with Gasteiger partial charge >= 0.3 is 0 Å². The summed E-state index contributed by atoms with van der Waals surface area (Å²) in [5, 5.41) is 12.4. The van der Waals surface area contributed by atoms with Gasteiger partial charge in [0, 0.05) is 6.04 Å². The van der Waals surface area contributed by atoms with E-state index in [1.54, 1.807) is 19.3 Å². The molecule has 0 unspecified atom stereocenters. The zero-order valence-electron chi connectivity index (χ0n) is 15.7. The number of hydrogen-bond acceptors (Lipinski definition) is 4. The highest BCUT2D eigenvalue weighted by molar-refractivity contribution is 6.01. The lowest BCUT2D eigenvalue weighted by Gasteiger charge is -2.22. The van der Waals surface area contributed by atoms with Crippen LogP contribution < -0.4 is 14.8 Å². The fourth-order valence-electron chi connectivity index (χ4n) is 3.04. The van der Waals surface area contributed by atoms with Crippen LogP contribution >= 0.6 is 0 Å². The summed E-state index contributed by atoms with van der Waals surface area (Å²) < 4.78 is 11.1. The van der Waals surface area contributed by atoms with Gasteiger partial charge in [0.25, 0.3) is 5.91 Å². The van der Waals surface area contributed by atoms with Gasteiger partial charge in [0.1, 0.15) is 11.6 Å². The number of hydrogen-bond donors (Lipinski definition) is 1. The summed E-state index contributed by atoms with van der Waals surface area (Å²) in [5.41, 5.74) is 0.845. The average molecular weight is 356 g/mol. The molecule has 0 radical (unpaired) electrons. The van der Waals surface area contributed by atoms with E-state index in [2.05, 4.69) is 12.2 Å². The molecule has 1 fully saturated rings. The first kappa shape index (κ1) is 19.8. The second-order valence-electron chi connectivity index (χ2n) is 6.59. The van der Waals surface area contributed by atoms with Gasteiger partial charge in [-0.3, -0.25) is 4.79 Å². The number of unbranched alkanes of at least 4 members (excludes halogenated alkanes) is 1. The molecular formula is C21H28N2O3. The average Bonchev–Trinajstić information content (AvgIpc) is 2.67. The number of nitrogens with zero attached hydrogens (tertiary/aromatic N) is 1. The summed E-state index contributed by atoms with van der Waals surface area (Å²) in [4.78, 5) is 12.4. The first-order chi connectivity index (χ1) is 12.7. The van der Waals surface area contributed by atoms with Gasteiger partial charge < -0.3 is 14.8 Å². The molecule has 1 aromatic carbocycles. The number of ether oxygens (including phenoxy) is 2. The zero-order valence-corrected chi connectivity index (χ0v) is 15.7. The maximum atomic E-state index is 12.4. The zero-order chi connectivity index (χ0) is 18.8. The number of methoxy groups -OCH3 is 1. The minimum absolute atomic E-state index is 0.109. The van der Waals surface area contributed by atoms with Crippen LogP contribution in [0.15, 0.2) is 23.8 Å². The minimum atomic E-state index is -0.304. The lowest BCUT2D eigenvalue weighted by Crippen LogP contribution is -2.36. The highest BCUT2D eigenvalue weighted by Gasteiger charge is 2.18. The van der Waals surface area contributed by atoms with Crippen molar-refractivity contribution < 1.29 is 14.3 Å². The van der Waals surface area contributed by atoms with Crippen LogP contribution in [0.5, 0.6) is 11.5 Å². The third-order valence-corrected chi connectivity index (χ3v) is 4.56. The Morgan fingerprint density at radius 3 is 2.73 bits per heavy atom. The summed E-state index contributed by atoms with van der Waals surface area (Å²) in [6.45, 7) is 2.74. The number of carbonyl (C=O) groups is 1. The first-order valence-corrected chi connectivity index (χ1v) is 9.41. The fraction of sp³-hybridized carbons (Fsp3) is 0.524. The third kappa shape index (κ3) is 5.80. The van der Waals surface area contributed by atoms with E-state index in [1.165, 1.54) is 6.42 Å². The van der Waals surface area contributed by atoms with E-state index < -0.39 is 0 Å². The topological polar surface area (TPSA) is 71.3 Å². The number of amides is 1. The highest BCUT2D eigenvalue weighted by Crippen LogP contribution is 2.29. The second-order valence-corrected chi connectivity index (χ2v) is 6.59. The predicted octanol–water partition coefficient (Wildman–Crippen LogP) is 4.23. The summed E-state index contributed by atoms with van der Waals surface area (Å²) in [6, 6.07) is 7.62. The van der Waals surface area contributed by atoms with Gasteiger partial charge in [0.05, 0.1) is 13.7 Å². The number of rotatable bonds is 8. The Balaban J connectivity index is 2.09. The van der Waals surface area contributed by atoms with Crippen LogP contribution in [-0.2, 0) is 4.79 Å². The largest absolute Gasteiger partial charge is 0.493 e. The monoisotopic (exact) mass is 356 g/mol. The van der Waals surface area contributed by atoms with Crippen molar-refractivity contribution in [1.82, 2.24) is 5.32 Å². The van der Waals surface area contributed by atoms with Crippen LogP contribution in [-0.4, -0.2) is 25.7 Å². The molecule has 1 aliphatic rings. The fourth-order valence-corrected chi connectivity index (χ4v) is 3.04. The molecule has 5 heteroatoms. The molecule has 5 nitrogen and oxygen atoms in total. The van der Waals surface area contributed by atoms with E-state index in [1.807, 2.05) is 18.2 Å². The van der Waals surface area contributed by atoms with Crippen molar-refractivity contribution in [2.75, 3.05) is 13.7 Å². The third-order valence-electron chi connectivity index (χ3n) is 4.56. The molecule has 2 rings (SSSR count). The molecule has 140 valence electrons. The molecule has 0 aliphatic heterocycles. The van der Waals surface area contributed by atoms with Crippen LogP contribution in [0.4, 0.5) is 0 Å². The lowest BCUT2D eigenvalue weighted by atomic mass is 9.95. The van der Waals surface area contributed by atoms with Crippen molar-refractivity contribution in [3.8, 4) is 17.6 Å². The second kappa shape index (κ2) is 10.5. The maximum Gasteiger partial charge on any atom is 0.262 e. The summed E-state index contributed by atoms with van der Waals surface area (Å²) in [6.07, 6.45) is 9.09. The van der Waals surface area contributed by atoms with Gasteiger partial charge in [-0.05, 0) is 43.0 Å². The minimum Gasteiger partial charge on any atom is -0.493 e. The Labute approximate surface area is 156 Å². The lowest BCUT2D eigenvalue weighted by molar-refractivity contribution is -0.117. The SMILES string of the molecule is CCCCOc1ccc(/C=C(\C#N)C(=O)NC2CCCCC2)cc1OC. The van der Waals surface area contributed by atoms with Gasteiger partial charge in [0.2, 0.25) is 0 Å². The van der Waals surface area contributed by atoms with Gasteiger partial charge in [-0.15, -0.1) is 0 Å². The first-order valence-electron chi connectivity index (χ1n) is 9.41. The Bertz CT molecular complexity index is 670. The Morgan fingerprint density at radius 1 is 1.31 bits per heavy atom. The van der Waals surface area contributed by atoms with Crippen molar-refractivity contribution >= 4 is 12.0 Å². The van der Waals surface area contributed by atoms with Crippen LogP contribution in [0.2, 0.25) is 0 Å². The van der Waals surface area contributed by atoms with Gasteiger partial charge in [-0.1, -0.05) is 38.7 Å². The molecule has 0 spiro atoms. The standard InChI is InChI=1S/C21H28N2O3/c1-3-4-12-26-19-11-10-16(14-20(19)25-2)13-17(15-22)21(24)23-18-8-6-5-7-9-18/h10-11,13-14,18H,3-9,12H2,1-2H3,(H,23,24)/b17-13+. The Hall–Kier alpha value is -2.48. The molecule has 0 atom stereocenters. The Morgan fingerprint density at radius 2 is 2.08 bits per heavy atom. The van der Waals surface area contributed by atoms with Crippen molar-refractivity contribution in [2.45, 2.75) is 57.9 Å². The van der Waals surface area contributed by atoms with Crippen LogP contribution in [0.25, 0.3) is 6.08 Å². The van der Waals surface area contributed by atoms with Crippen LogP contribution in [0.1, 0.15) is 57.4 Å². The molecule has 0 bridgehead atoms. The smallest absolute Gasteiger partial charge is 0.262 e. The van der Waals surface area contributed by atoms with Crippen molar-refractivity contribution in [3.05, 3.63) is 29.3 Å². The molecule has 1 amide bonds. The van der Waals surface area contributed by atoms with Crippen molar-refractivity contribution in [2.24, 2.45) is 0 Å². The quantitative estimate of drug-likeness (QED) is 0.430.